The van der Waals surface area contributed by atoms with Crippen LogP contribution in [0.1, 0.15) is 11.5 Å². The van der Waals surface area contributed by atoms with Gasteiger partial charge in [-0.3, -0.25) is 0 Å². The van der Waals surface area contributed by atoms with Gasteiger partial charge < -0.3 is 10.3 Å². The van der Waals surface area contributed by atoms with Crippen LogP contribution in [0.3, 0.4) is 0 Å². The summed E-state index contributed by atoms with van der Waals surface area (Å²) in [4.78, 5) is 10.4. The number of H-pyrrole nitrogens is 1. The first-order valence-corrected chi connectivity index (χ1v) is 5.32. The summed E-state index contributed by atoms with van der Waals surface area (Å²) in [5.74, 6) is 0.978. The summed E-state index contributed by atoms with van der Waals surface area (Å²) in [6, 6.07) is 3.76. The van der Waals surface area contributed by atoms with Crippen LogP contribution in [-0.2, 0) is 12.6 Å². The van der Waals surface area contributed by atoms with E-state index in [-0.39, 0.29) is 5.82 Å². The molecule has 0 bridgehead atoms. The zero-order valence-corrected chi connectivity index (χ0v) is 9.33. The quantitative estimate of drug-likeness (QED) is 0.883. The normalized spacial score (nSPS) is 11.5. The van der Waals surface area contributed by atoms with E-state index >= 15 is 0 Å². The molecule has 2 aromatic heterocycles. The average molecular weight is 256 g/mol. The first-order chi connectivity index (χ1) is 8.55. The molecule has 7 heteroatoms. The summed E-state index contributed by atoms with van der Waals surface area (Å²) in [6.45, 7) is 0.460. The van der Waals surface area contributed by atoms with Gasteiger partial charge in [0.1, 0.15) is 17.3 Å². The zero-order chi connectivity index (χ0) is 13.0. The topological polar surface area (TPSA) is 53.6 Å². The van der Waals surface area contributed by atoms with Crippen molar-refractivity contribution in [3.8, 4) is 0 Å². The Morgan fingerprint density at radius 3 is 2.78 bits per heavy atom. The van der Waals surface area contributed by atoms with Gasteiger partial charge in [0.05, 0.1) is 0 Å². The number of hydrogen-bond donors (Lipinski definition) is 2. The van der Waals surface area contributed by atoms with E-state index < -0.39 is 11.9 Å². The van der Waals surface area contributed by atoms with Crippen molar-refractivity contribution >= 4 is 5.82 Å². The van der Waals surface area contributed by atoms with E-state index in [0.29, 0.717) is 13.0 Å². The first-order valence-electron chi connectivity index (χ1n) is 5.32. The summed E-state index contributed by atoms with van der Waals surface area (Å²) in [6.07, 6.45) is -0.515. The summed E-state index contributed by atoms with van der Waals surface area (Å²) in [5.41, 5.74) is -0.898. The molecule has 96 valence electrons. The van der Waals surface area contributed by atoms with Gasteiger partial charge in [0.15, 0.2) is 0 Å². The second-order valence-corrected chi connectivity index (χ2v) is 3.62. The van der Waals surface area contributed by atoms with Crippen LogP contribution in [-0.4, -0.2) is 21.5 Å². The SMILES string of the molecule is FC(F)(F)c1cccc(NCCc2ncc[nH]2)n1. The molecule has 0 spiro atoms. The van der Waals surface area contributed by atoms with Crippen LogP contribution in [0.15, 0.2) is 30.6 Å². The molecule has 4 nitrogen and oxygen atoms in total. The molecule has 0 aromatic carbocycles. The fourth-order valence-corrected chi connectivity index (χ4v) is 1.43. The molecule has 2 heterocycles. The van der Waals surface area contributed by atoms with Crippen molar-refractivity contribution in [2.45, 2.75) is 12.6 Å². The number of alkyl halides is 3. The van der Waals surface area contributed by atoms with Crippen LogP contribution >= 0.6 is 0 Å². The highest BCUT2D eigenvalue weighted by molar-refractivity contribution is 5.35. The molecule has 0 unspecified atom stereocenters. The lowest BCUT2D eigenvalue weighted by molar-refractivity contribution is -0.141. The highest BCUT2D eigenvalue weighted by atomic mass is 19.4. The first kappa shape index (κ1) is 12.4. The second kappa shape index (κ2) is 5.07. The Kier molecular flexibility index (Phi) is 3.50. The third-order valence-corrected chi connectivity index (χ3v) is 2.26. The maximum atomic E-state index is 12.4. The zero-order valence-electron chi connectivity index (χ0n) is 9.33. The largest absolute Gasteiger partial charge is 0.433 e. The Bertz CT molecular complexity index is 493. The van der Waals surface area contributed by atoms with Crippen molar-refractivity contribution in [2.75, 3.05) is 11.9 Å². The van der Waals surface area contributed by atoms with E-state index in [9.17, 15) is 13.2 Å². The highest BCUT2D eigenvalue weighted by Gasteiger charge is 2.32. The molecule has 0 amide bonds. The molecule has 0 aliphatic rings. The molecule has 2 aromatic rings. The molecule has 18 heavy (non-hydrogen) atoms. The average Bonchev–Trinajstić information content (AvgIpc) is 2.81. The van der Waals surface area contributed by atoms with Crippen LogP contribution < -0.4 is 5.32 Å². The smallest absolute Gasteiger partial charge is 0.370 e. The predicted octanol–water partition coefficient (Wildman–Crippen LogP) is 2.48. The maximum Gasteiger partial charge on any atom is 0.433 e. The number of imidazole rings is 1. The van der Waals surface area contributed by atoms with Crippen molar-refractivity contribution in [1.29, 1.82) is 0 Å². The van der Waals surface area contributed by atoms with Gasteiger partial charge in [-0.25, -0.2) is 9.97 Å². The molecule has 0 aliphatic carbocycles. The number of pyridine rings is 1. The fraction of sp³-hybridized carbons (Fsp3) is 0.273. The summed E-state index contributed by atoms with van der Waals surface area (Å²) in [7, 11) is 0. The fourth-order valence-electron chi connectivity index (χ4n) is 1.43. The van der Waals surface area contributed by atoms with E-state index in [0.717, 1.165) is 11.9 Å². The van der Waals surface area contributed by atoms with Crippen LogP contribution in [0.25, 0.3) is 0 Å². The molecule has 0 aliphatic heterocycles. The number of nitrogens with one attached hydrogen (secondary N) is 2. The Morgan fingerprint density at radius 1 is 1.28 bits per heavy atom. The van der Waals surface area contributed by atoms with Crippen LogP contribution in [0.2, 0.25) is 0 Å². The van der Waals surface area contributed by atoms with Gasteiger partial charge in [-0.2, -0.15) is 13.2 Å². The van der Waals surface area contributed by atoms with E-state index in [1.807, 2.05) is 0 Å². The molecule has 0 fully saturated rings. The van der Waals surface area contributed by atoms with Gasteiger partial charge >= 0.3 is 6.18 Å². The van der Waals surface area contributed by atoms with Gasteiger partial charge in [0, 0.05) is 25.4 Å². The molecule has 0 atom stereocenters. The minimum atomic E-state index is -4.42. The third-order valence-electron chi connectivity index (χ3n) is 2.26. The van der Waals surface area contributed by atoms with Gasteiger partial charge in [0.25, 0.3) is 0 Å². The summed E-state index contributed by atoms with van der Waals surface area (Å²) in [5, 5.41) is 2.82. The van der Waals surface area contributed by atoms with Crippen molar-refractivity contribution in [1.82, 2.24) is 15.0 Å². The summed E-state index contributed by atoms with van der Waals surface area (Å²) < 4.78 is 37.2. The van der Waals surface area contributed by atoms with Crippen molar-refractivity contribution < 1.29 is 13.2 Å². The molecule has 0 saturated carbocycles. The predicted molar refractivity (Wildman–Crippen MR) is 60.0 cm³/mol. The van der Waals surface area contributed by atoms with Gasteiger partial charge in [-0.15, -0.1) is 0 Å². The molecule has 0 radical (unpaired) electrons. The number of rotatable bonds is 4. The molecular formula is C11H11F3N4. The van der Waals surface area contributed by atoms with E-state index in [2.05, 4.69) is 20.3 Å². The van der Waals surface area contributed by atoms with Gasteiger partial charge in [-0.05, 0) is 12.1 Å². The van der Waals surface area contributed by atoms with Crippen molar-refractivity contribution in [3.05, 3.63) is 42.1 Å². The minimum Gasteiger partial charge on any atom is -0.370 e. The number of aromatic amines is 1. The minimum absolute atomic E-state index is 0.205. The lowest BCUT2D eigenvalue weighted by Gasteiger charge is -2.08. The monoisotopic (exact) mass is 256 g/mol. The Balaban J connectivity index is 1.93. The van der Waals surface area contributed by atoms with E-state index in [4.69, 9.17) is 0 Å². The van der Waals surface area contributed by atoms with E-state index in [1.165, 1.54) is 12.1 Å². The Morgan fingerprint density at radius 2 is 2.11 bits per heavy atom. The molecule has 0 saturated heterocycles. The number of halogens is 3. The van der Waals surface area contributed by atoms with Crippen LogP contribution in [0.4, 0.5) is 19.0 Å². The van der Waals surface area contributed by atoms with Crippen molar-refractivity contribution in [3.63, 3.8) is 0 Å². The molecule has 2 N–H and O–H groups in total. The molecular weight excluding hydrogens is 245 g/mol. The second-order valence-electron chi connectivity index (χ2n) is 3.62. The lowest BCUT2D eigenvalue weighted by Crippen LogP contribution is -2.12. The standard InChI is InChI=1S/C11H11F3N4/c12-11(13,14)8-2-1-3-10(18-8)15-5-4-9-16-6-7-17-9/h1-3,6-7H,4-5H2,(H,15,18)(H,16,17). The van der Waals surface area contributed by atoms with Crippen LogP contribution in [0.5, 0.6) is 0 Å². The van der Waals surface area contributed by atoms with Crippen LogP contribution in [0, 0.1) is 0 Å². The number of aromatic nitrogens is 3. The number of nitrogens with zero attached hydrogens (tertiary/aromatic N) is 2. The lowest BCUT2D eigenvalue weighted by atomic mass is 10.3. The number of hydrogen-bond acceptors (Lipinski definition) is 3. The Hall–Kier alpha value is -2.05. The third kappa shape index (κ3) is 3.22. The van der Waals surface area contributed by atoms with E-state index in [1.54, 1.807) is 12.4 Å². The Labute approximate surface area is 101 Å². The molecule has 2 rings (SSSR count). The summed E-state index contributed by atoms with van der Waals surface area (Å²) >= 11 is 0. The van der Waals surface area contributed by atoms with Gasteiger partial charge in [-0.1, -0.05) is 6.07 Å². The van der Waals surface area contributed by atoms with Crippen molar-refractivity contribution in [2.24, 2.45) is 0 Å². The highest BCUT2D eigenvalue weighted by Crippen LogP contribution is 2.28. The van der Waals surface area contributed by atoms with Gasteiger partial charge in [0.2, 0.25) is 0 Å². The number of anilines is 1. The maximum absolute atomic E-state index is 12.4.